The number of rotatable bonds is 7. The number of sulfonamides is 1. The minimum Gasteiger partial charge on any atom is -0.307 e. The third-order valence-electron chi connectivity index (χ3n) is 3.37. The van der Waals surface area contributed by atoms with E-state index in [2.05, 4.69) is 41.2 Å². The molecule has 5 heteroatoms. The van der Waals surface area contributed by atoms with Crippen LogP contribution in [-0.2, 0) is 10.0 Å². The molecule has 0 saturated heterocycles. The zero-order valence-corrected chi connectivity index (χ0v) is 14.2. The van der Waals surface area contributed by atoms with Crippen LogP contribution in [0, 0.1) is 0 Å². The van der Waals surface area contributed by atoms with Crippen molar-refractivity contribution in [2.75, 3.05) is 17.5 Å². The fourth-order valence-corrected chi connectivity index (χ4v) is 2.74. The van der Waals surface area contributed by atoms with Gasteiger partial charge in [0.2, 0.25) is 10.0 Å². The monoisotopic (exact) mass is 330 g/mol. The van der Waals surface area contributed by atoms with E-state index in [9.17, 15) is 8.42 Å². The first-order chi connectivity index (χ1) is 10.9. The fourth-order valence-electron chi connectivity index (χ4n) is 2.18. The van der Waals surface area contributed by atoms with E-state index in [0.29, 0.717) is 5.69 Å². The Kier molecular flexibility index (Phi) is 5.96. The predicted octanol–water partition coefficient (Wildman–Crippen LogP) is 3.42. The van der Waals surface area contributed by atoms with Gasteiger partial charge in [-0.1, -0.05) is 54.6 Å². The number of benzene rings is 2. The third-order valence-corrected chi connectivity index (χ3v) is 3.97. The molecule has 0 radical (unpaired) electrons. The Morgan fingerprint density at radius 1 is 1.04 bits per heavy atom. The van der Waals surface area contributed by atoms with E-state index in [-0.39, 0.29) is 6.04 Å². The van der Waals surface area contributed by atoms with Gasteiger partial charge in [-0.3, -0.25) is 4.72 Å². The maximum Gasteiger partial charge on any atom is 0.229 e. The molecule has 2 rings (SSSR count). The van der Waals surface area contributed by atoms with E-state index in [1.165, 1.54) is 5.56 Å². The summed E-state index contributed by atoms with van der Waals surface area (Å²) in [6, 6.07) is 17.7. The van der Waals surface area contributed by atoms with Crippen molar-refractivity contribution in [1.82, 2.24) is 5.32 Å². The van der Waals surface area contributed by atoms with Crippen molar-refractivity contribution in [2.24, 2.45) is 0 Å². The average Bonchev–Trinajstić information content (AvgIpc) is 2.51. The van der Waals surface area contributed by atoms with Gasteiger partial charge >= 0.3 is 0 Å². The Labute approximate surface area is 138 Å². The molecule has 0 amide bonds. The number of hydrogen-bond donors (Lipinski definition) is 2. The Balaban J connectivity index is 1.86. The zero-order valence-electron chi connectivity index (χ0n) is 13.4. The molecule has 4 nitrogen and oxygen atoms in total. The van der Waals surface area contributed by atoms with Crippen LogP contribution in [0.4, 0.5) is 5.69 Å². The molecule has 1 unspecified atom stereocenters. The van der Waals surface area contributed by atoms with Crippen molar-refractivity contribution in [3.8, 4) is 0 Å². The Bertz CT molecular complexity index is 738. The summed E-state index contributed by atoms with van der Waals surface area (Å²) in [7, 11) is -3.23. The summed E-state index contributed by atoms with van der Waals surface area (Å²) in [5.41, 5.74) is 2.86. The summed E-state index contributed by atoms with van der Waals surface area (Å²) in [5.74, 6) is 0. The van der Waals surface area contributed by atoms with Crippen molar-refractivity contribution in [2.45, 2.75) is 13.0 Å². The smallest absolute Gasteiger partial charge is 0.229 e. The highest BCUT2D eigenvalue weighted by molar-refractivity contribution is 7.92. The minimum atomic E-state index is -3.23. The van der Waals surface area contributed by atoms with Gasteiger partial charge in [0.15, 0.2) is 0 Å². The van der Waals surface area contributed by atoms with Crippen molar-refractivity contribution < 1.29 is 8.42 Å². The number of nitrogens with one attached hydrogen (secondary N) is 2. The van der Waals surface area contributed by atoms with Gasteiger partial charge in [-0.2, -0.15) is 0 Å². The van der Waals surface area contributed by atoms with Crippen LogP contribution in [0.3, 0.4) is 0 Å². The molecule has 0 saturated carbocycles. The summed E-state index contributed by atoms with van der Waals surface area (Å²) in [6.45, 7) is 2.84. The SMILES string of the molecule is CC(NC/C=C/c1ccccc1)c1ccc(NS(C)(=O)=O)cc1. The van der Waals surface area contributed by atoms with Crippen molar-refractivity contribution >= 4 is 21.8 Å². The summed E-state index contributed by atoms with van der Waals surface area (Å²) in [5, 5.41) is 3.41. The standard InChI is InChI=1S/C18H22N2O2S/c1-15(19-14-6-9-16-7-4-3-5-8-16)17-10-12-18(13-11-17)20-23(2,21)22/h3-13,15,19-20H,14H2,1-2H3/b9-6+. The molecule has 1 atom stereocenters. The molecule has 0 bridgehead atoms. The van der Waals surface area contributed by atoms with Crippen molar-refractivity contribution in [3.05, 3.63) is 71.8 Å². The van der Waals surface area contributed by atoms with Gasteiger partial charge in [-0.15, -0.1) is 0 Å². The first-order valence-corrected chi connectivity index (χ1v) is 9.36. The molecular formula is C18H22N2O2S. The average molecular weight is 330 g/mol. The zero-order chi connectivity index (χ0) is 16.7. The first kappa shape index (κ1) is 17.2. The normalized spacial score (nSPS) is 13.1. The van der Waals surface area contributed by atoms with Gasteiger partial charge < -0.3 is 5.32 Å². The van der Waals surface area contributed by atoms with Crippen LogP contribution >= 0.6 is 0 Å². The first-order valence-electron chi connectivity index (χ1n) is 7.47. The molecule has 122 valence electrons. The third kappa shape index (κ3) is 6.26. The van der Waals surface area contributed by atoms with E-state index in [4.69, 9.17) is 0 Å². The van der Waals surface area contributed by atoms with Crippen LogP contribution in [0.25, 0.3) is 6.08 Å². The maximum atomic E-state index is 11.2. The van der Waals surface area contributed by atoms with Crippen LogP contribution in [0.2, 0.25) is 0 Å². The second-order valence-corrected chi connectivity index (χ2v) is 7.19. The van der Waals surface area contributed by atoms with E-state index in [0.717, 1.165) is 18.4 Å². The molecule has 2 aromatic carbocycles. The number of anilines is 1. The molecule has 0 aliphatic carbocycles. The van der Waals surface area contributed by atoms with Gasteiger partial charge in [-0.05, 0) is 30.2 Å². The molecule has 0 spiro atoms. The van der Waals surface area contributed by atoms with Gasteiger partial charge in [-0.25, -0.2) is 8.42 Å². The van der Waals surface area contributed by atoms with Gasteiger partial charge in [0.05, 0.1) is 6.26 Å². The van der Waals surface area contributed by atoms with Crippen molar-refractivity contribution in [1.29, 1.82) is 0 Å². The van der Waals surface area contributed by atoms with Crippen LogP contribution in [0.15, 0.2) is 60.7 Å². The quantitative estimate of drug-likeness (QED) is 0.818. The van der Waals surface area contributed by atoms with Crippen LogP contribution in [0.1, 0.15) is 24.1 Å². The largest absolute Gasteiger partial charge is 0.307 e. The predicted molar refractivity (Wildman–Crippen MR) is 96.8 cm³/mol. The molecule has 2 N–H and O–H groups in total. The summed E-state index contributed by atoms with van der Waals surface area (Å²) in [6.07, 6.45) is 5.31. The Morgan fingerprint density at radius 2 is 1.70 bits per heavy atom. The maximum absolute atomic E-state index is 11.2. The lowest BCUT2D eigenvalue weighted by Crippen LogP contribution is -2.18. The van der Waals surface area contributed by atoms with Crippen LogP contribution < -0.4 is 10.0 Å². The Hall–Kier alpha value is -2.11. The molecule has 0 aliphatic rings. The van der Waals surface area contributed by atoms with E-state index in [1.807, 2.05) is 30.3 Å². The molecule has 0 fully saturated rings. The Morgan fingerprint density at radius 3 is 2.30 bits per heavy atom. The second-order valence-electron chi connectivity index (χ2n) is 5.44. The van der Waals surface area contributed by atoms with Crippen LogP contribution in [0.5, 0.6) is 0 Å². The highest BCUT2D eigenvalue weighted by atomic mass is 32.2. The molecule has 0 heterocycles. The summed E-state index contributed by atoms with van der Waals surface area (Å²) < 4.78 is 24.8. The number of hydrogen-bond acceptors (Lipinski definition) is 3. The minimum absolute atomic E-state index is 0.183. The van der Waals surface area contributed by atoms with Crippen molar-refractivity contribution in [3.63, 3.8) is 0 Å². The topological polar surface area (TPSA) is 58.2 Å². The van der Waals surface area contributed by atoms with E-state index >= 15 is 0 Å². The van der Waals surface area contributed by atoms with Gasteiger partial charge in [0, 0.05) is 18.3 Å². The molecule has 0 aromatic heterocycles. The molecular weight excluding hydrogens is 308 g/mol. The lowest BCUT2D eigenvalue weighted by atomic mass is 10.1. The molecule has 0 aliphatic heterocycles. The van der Waals surface area contributed by atoms with Crippen LogP contribution in [-0.4, -0.2) is 21.2 Å². The fraction of sp³-hybridized carbons (Fsp3) is 0.222. The van der Waals surface area contributed by atoms with Gasteiger partial charge in [0.25, 0.3) is 0 Å². The van der Waals surface area contributed by atoms with E-state index in [1.54, 1.807) is 12.1 Å². The highest BCUT2D eigenvalue weighted by Gasteiger charge is 2.05. The molecule has 2 aromatic rings. The molecule has 23 heavy (non-hydrogen) atoms. The summed E-state index contributed by atoms with van der Waals surface area (Å²) in [4.78, 5) is 0. The van der Waals surface area contributed by atoms with Gasteiger partial charge in [0.1, 0.15) is 0 Å². The lowest BCUT2D eigenvalue weighted by molar-refractivity contribution is 0.607. The summed E-state index contributed by atoms with van der Waals surface area (Å²) >= 11 is 0. The second kappa shape index (κ2) is 7.94. The van der Waals surface area contributed by atoms with E-state index < -0.39 is 10.0 Å². The highest BCUT2D eigenvalue weighted by Crippen LogP contribution is 2.16. The lowest BCUT2D eigenvalue weighted by Gasteiger charge is -2.13.